The normalized spacial score (nSPS) is 21.3. The van der Waals surface area contributed by atoms with Crippen LogP contribution < -0.4 is 0 Å². The third-order valence-corrected chi connectivity index (χ3v) is 8.96. The molecule has 0 N–H and O–H groups in total. The van der Waals surface area contributed by atoms with E-state index in [2.05, 4.69) is 30.1 Å². The summed E-state index contributed by atoms with van der Waals surface area (Å²) in [6.45, 7) is 5.02. The molecule has 1 aromatic heterocycles. The molecular weight excluding hydrogens is 486 g/mol. The number of carbonyl (C=O) groups excluding carboxylic acids is 1. The Bertz CT molecular complexity index is 1290. The lowest BCUT2D eigenvalue weighted by atomic mass is 9.84. The third kappa shape index (κ3) is 6.30. The number of aromatic nitrogens is 1. The van der Waals surface area contributed by atoms with Gasteiger partial charge in [0.1, 0.15) is 5.60 Å². The van der Waals surface area contributed by atoms with E-state index < -0.39 is 15.6 Å². The molecule has 198 valence electrons. The van der Waals surface area contributed by atoms with E-state index in [4.69, 9.17) is 4.74 Å². The summed E-state index contributed by atoms with van der Waals surface area (Å²) in [6, 6.07) is 13.9. The van der Waals surface area contributed by atoms with Gasteiger partial charge >= 0.3 is 6.09 Å². The van der Waals surface area contributed by atoms with Crippen molar-refractivity contribution in [3.05, 3.63) is 83.2 Å². The van der Waals surface area contributed by atoms with Gasteiger partial charge in [-0.15, -0.1) is 0 Å². The lowest BCUT2D eigenvalue weighted by Crippen LogP contribution is -2.51. The zero-order valence-electron chi connectivity index (χ0n) is 22.2. The Hall–Kier alpha value is -2.97. The summed E-state index contributed by atoms with van der Waals surface area (Å²) in [6.07, 6.45) is 10.6. The number of allylic oxidation sites excluding steroid dienone is 3. The van der Waals surface area contributed by atoms with Crippen molar-refractivity contribution < 1.29 is 17.9 Å². The number of amides is 1. The molecule has 8 heteroatoms. The Morgan fingerprint density at radius 3 is 2.54 bits per heavy atom. The quantitative estimate of drug-likeness (QED) is 0.446. The molecule has 2 aromatic rings. The summed E-state index contributed by atoms with van der Waals surface area (Å²) in [7, 11) is -1.68. The Morgan fingerprint density at radius 1 is 1.16 bits per heavy atom. The SMILES string of the molecule is Cc1cc(C2=CC=C([C@H](C)N3CC[C@](CCCN(C)S(C)(=O)=O)(c4ccccc4)OC3=O)CC2)ccn1. The minimum Gasteiger partial charge on any atom is -0.438 e. The van der Waals surface area contributed by atoms with Gasteiger partial charge in [0.25, 0.3) is 0 Å². The fraction of sp³-hybridized carbons (Fsp3) is 0.448. The second kappa shape index (κ2) is 11.2. The molecular formula is C29H37N3O4S. The van der Waals surface area contributed by atoms with E-state index >= 15 is 0 Å². The molecule has 0 spiro atoms. The van der Waals surface area contributed by atoms with Gasteiger partial charge < -0.3 is 9.64 Å². The zero-order valence-corrected chi connectivity index (χ0v) is 23.0. The summed E-state index contributed by atoms with van der Waals surface area (Å²) in [5.41, 5.74) is 4.89. The molecule has 0 radical (unpaired) electrons. The standard InChI is InChI=1S/C29H37N3O4S/c1-22-21-26(15-18-30-22)25-13-11-24(12-14-25)23(2)32-20-17-29(36-28(32)33,27-9-6-5-7-10-27)16-8-19-31(3)37(4,34)35/h5-7,9-11,13,15,18,21,23H,8,12,14,16-17,19-20H2,1-4H3/t23-,29+/m0/s1. The molecule has 1 amide bonds. The van der Waals surface area contributed by atoms with Crippen LogP contribution in [-0.2, 0) is 20.4 Å². The van der Waals surface area contributed by atoms with Crippen LogP contribution in [0, 0.1) is 6.92 Å². The molecule has 1 aliphatic heterocycles. The topological polar surface area (TPSA) is 79.8 Å². The molecule has 2 aliphatic rings. The summed E-state index contributed by atoms with van der Waals surface area (Å²) in [5, 5.41) is 0. The Labute approximate surface area is 220 Å². The van der Waals surface area contributed by atoms with Crippen LogP contribution in [0.5, 0.6) is 0 Å². The number of rotatable bonds is 9. The van der Waals surface area contributed by atoms with E-state index in [0.717, 1.165) is 24.1 Å². The average molecular weight is 524 g/mol. The Balaban J connectivity index is 1.47. The monoisotopic (exact) mass is 523 g/mol. The number of carbonyl (C=O) groups is 1. The highest BCUT2D eigenvalue weighted by molar-refractivity contribution is 7.88. The lowest BCUT2D eigenvalue weighted by Gasteiger charge is -2.44. The minimum absolute atomic E-state index is 0.0605. The first-order chi connectivity index (χ1) is 17.6. The summed E-state index contributed by atoms with van der Waals surface area (Å²) >= 11 is 0. The molecule has 1 fully saturated rings. The Kier molecular flexibility index (Phi) is 8.19. The van der Waals surface area contributed by atoms with Crippen LogP contribution in [0.3, 0.4) is 0 Å². The molecule has 1 aliphatic carbocycles. The number of hydrogen-bond acceptors (Lipinski definition) is 5. The molecule has 1 aromatic carbocycles. The molecule has 1 saturated heterocycles. The molecule has 0 bridgehead atoms. The fourth-order valence-corrected chi connectivity index (χ4v) is 5.69. The molecule has 4 rings (SSSR count). The van der Waals surface area contributed by atoms with Gasteiger partial charge in [-0.1, -0.05) is 42.5 Å². The van der Waals surface area contributed by atoms with Crippen LogP contribution in [0.2, 0.25) is 0 Å². The van der Waals surface area contributed by atoms with Crippen LogP contribution in [0.25, 0.3) is 5.57 Å². The number of sulfonamides is 1. The van der Waals surface area contributed by atoms with Crippen molar-refractivity contribution in [1.29, 1.82) is 0 Å². The first-order valence-corrected chi connectivity index (χ1v) is 14.7. The van der Waals surface area contributed by atoms with Gasteiger partial charge in [-0.3, -0.25) is 4.98 Å². The van der Waals surface area contributed by atoms with Crippen molar-refractivity contribution in [3.63, 3.8) is 0 Å². The maximum atomic E-state index is 13.4. The van der Waals surface area contributed by atoms with Crippen molar-refractivity contribution >= 4 is 21.7 Å². The van der Waals surface area contributed by atoms with Crippen molar-refractivity contribution in [2.75, 3.05) is 26.4 Å². The van der Waals surface area contributed by atoms with E-state index in [9.17, 15) is 13.2 Å². The van der Waals surface area contributed by atoms with E-state index in [1.807, 2.05) is 54.4 Å². The summed E-state index contributed by atoms with van der Waals surface area (Å²) in [4.78, 5) is 19.5. The van der Waals surface area contributed by atoms with E-state index in [1.165, 1.54) is 27.3 Å². The van der Waals surface area contributed by atoms with Crippen molar-refractivity contribution in [3.8, 4) is 0 Å². The van der Waals surface area contributed by atoms with Crippen molar-refractivity contribution in [2.45, 2.75) is 57.6 Å². The van der Waals surface area contributed by atoms with Crippen molar-refractivity contribution in [2.24, 2.45) is 0 Å². The smallest absolute Gasteiger partial charge is 0.411 e. The second-order valence-corrected chi connectivity index (χ2v) is 12.2. The van der Waals surface area contributed by atoms with Gasteiger partial charge in [0.2, 0.25) is 10.0 Å². The van der Waals surface area contributed by atoms with E-state index in [1.54, 1.807) is 7.05 Å². The van der Waals surface area contributed by atoms with Crippen LogP contribution >= 0.6 is 0 Å². The molecule has 0 saturated carbocycles. The molecule has 2 atom stereocenters. The highest BCUT2D eigenvalue weighted by Gasteiger charge is 2.43. The number of nitrogens with zero attached hydrogens (tertiary/aromatic N) is 3. The number of hydrogen-bond donors (Lipinski definition) is 0. The molecule has 2 heterocycles. The number of cyclic esters (lactones) is 1. The third-order valence-electron chi connectivity index (χ3n) is 7.65. The predicted octanol–water partition coefficient (Wildman–Crippen LogP) is 5.29. The van der Waals surface area contributed by atoms with Gasteiger partial charge in [-0.2, -0.15) is 0 Å². The Morgan fingerprint density at radius 2 is 1.92 bits per heavy atom. The van der Waals surface area contributed by atoms with E-state index in [-0.39, 0.29) is 12.1 Å². The van der Waals surface area contributed by atoms with Gasteiger partial charge in [0, 0.05) is 38.4 Å². The number of ether oxygens (including phenoxy) is 1. The summed E-state index contributed by atoms with van der Waals surface area (Å²) in [5.74, 6) is 0. The lowest BCUT2D eigenvalue weighted by molar-refractivity contribution is -0.0640. The zero-order chi connectivity index (χ0) is 26.6. The van der Waals surface area contributed by atoms with Crippen LogP contribution in [0.1, 0.15) is 55.8 Å². The first-order valence-electron chi connectivity index (χ1n) is 12.9. The van der Waals surface area contributed by atoms with Gasteiger partial charge in [0.15, 0.2) is 0 Å². The number of benzene rings is 1. The van der Waals surface area contributed by atoms with Crippen LogP contribution in [0.4, 0.5) is 4.79 Å². The number of pyridine rings is 1. The molecule has 37 heavy (non-hydrogen) atoms. The maximum absolute atomic E-state index is 13.4. The number of aryl methyl sites for hydroxylation is 1. The largest absolute Gasteiger partial charge is 0.438 e. The van der Waals surface area contributed by atoms with E-state index in [0.29, 0.717) is 32.4 Å². The minimum atomic E-state index is -3.25. The highest BCUT2D eigenvalue weighted by atomic mass is 32.2. The molecule has 7 nitrogen and oxygen atoms in total. The average Bonchev–Trinajstić information content (AvgIpc) is 2.88. The fourth-order valence-electron chi connectivity index (χ4n) is 5.23. The van der Waals surface area contributed by atoms with Crippen LogP contribution in [0.15, 0.2) is 66.4 Å². The summed E-state index contributed by atoms with van der Waals surface area (Å²) < 4.78 is 31.2. The molecule has 0 unspecified atom stereocenters. The first kappa shape index (κ1) is 27.1. The van der Waals surface area contributed by atoms with Crippen molar-refractivity contribution in [1.82, 2.24) is 14.2 Å². The maximum Gasteiger partial charge on any atom is 0.411 e. The van der Waals surface area contributed by atoms with Gasteiger partial charge in [-0.05, 0) is 73.9 Å². The second-order valence-electron chi connectivity index (χ2n) is 10.2. The van der Waals surface area contributed by atoms with Gasteiger partial charge in [0.05, 0.1) is 12.3 Å². The predicted molar refractivity (Wildman–Crippen MR) is 146 cm³/mol. The van der Waals surface area contributed by atoms with Gasteiger partial charge in [-0.25, -0.2) is 17.5 Å². The highest BCUT2D eigenvalue weighted by Crippen LogP contribution is 2.40. The van der Waals surface area contributed by atoms with Crippen LogP contribution in [-0.4, -0.2) is 61.1 Å².